The molecule has 1 saturated heterocycles. The number of amides is 1. The zero-order valence-electron chi connectivity index (χ0n) is 20.9. The van der Waals surface area contributed by atoms with E-state index in [-0.39, 0.29) is 35.1 Å². The van der Waals surface area contributed by atoms with Crippen LogP contribution in [-0.2, 0) is 26.8 Å². The van der Waals surface area contributed by atoms with Crippen molar-refractivity contribution >= 4 is 27.0 Å². The van der Waals surface area contributed by atoms with Gasteiger partial charge in [-0.3, -0.25) is 4.79 Å². The van der Waals surface area contributed by atoms with E-state index >= 15 is 0 Å². The lowest BCUT2D eigenvalue weighted by Gasteiger charge is -2.31. The van der Waals surface area contributed by atoms with Gasteiger partial charge in [-0.1, -0.05) is 20.8 Å². The van der Waals surface area contributed by atoms with Crippen LogP contribution < -0.4 is 5.32 Å². The van der Waals surface area contributed by atoms with Crippen molar-refractivity contribution in [2.75, 3.05) is 20.1 Å². The van der Waals surface area contributed by atoms with E-state index in [9.17, 15) is 22.0 Å². The lowest BCUT2D eigenvalue weighted by molar-refractivity contribution is -0.125. The Kier molecular flexibility index (Phi) is 7.26. The normalized spacial score (nSPS) is 26.7. The van der Waals surface area contributed by atoms with Gasteiger partial charge in [-0.2, -0.15) is 4.31 Å². The number of alkyl halides is 2. The number of rotatable bonds is 5. The topological polar surface area (TPSA) is 84.3 Å². The molecule has 1 saturated carbocycles. The summed E-state index contributed by atoms with van der Waals surface area (Å²) in [5.74, 6) is -0.260. The average Bonchev–Trinajstić information content (AvgIpc) is 3.20. The molecule has 1 aliphatic heterocycles. The molecule has 2 heterocycles. The maximum atomic E-state index is 14.7. The first-order valence-electron chi connectivity index (χ1n) is 12.4. The summed E-state index contributed by atoms with van der Waals surface area (Å²) in [6.45, 7) is 6.81. The molecule has 1 amide bonds. The number of nitrogens with one attached hydrogen (secondary N) is 1. The summed E-state index contributed by atoms with van der Waals surface area (Å²) in [5.41, 5.74) is 0.851. The van der Waals surface area contributed by atoms with Crippen molar-refractivity contribution in [2.24, 2.45) is 11.8 Å². The van der Waals surface area contributed by atoms with Crippen LogP contribution in [-0.4, -0.2) is 60.7 Å². The van der Waals surface area contributed by atoms with Crippen molar-refractivity contribution in [3.63, 3.8) is 0 Å². The number of nitrogens with zero attached hydrogens (tertiary/aromatic N) is 3. The van der Waals surface area contributed by atoms with E-state index < -0.39 is 28.3 Å². The minimum Gasteiger partial charge on any atom is -0.359 e. The Bertz CT molecular complexity index is 1190. The van der Waals surface area contributed by atoms with Gasteiger partial charge < -0.3 is 9.88 Å². The standard InChI is InChI=1S/C25H36F2N4O3S/c1-25(2,3)24-29-20-13-18(35(33,34)30-12-6-8-17(14-30)23(32)28-4)10-11-21(20)31(24)15-16-7-5-9-19(26)22(16)27/h10-11,13,16-17,19,22H,5-9,12,14-15H2,1-4H3,(H,28,32)/t16?,17-,19?,22?/m0/s1. The Morgan fingerprint density at radius 3 is 2.60 bits per heavy atom. The van der Waals surface area contributed by atoms with Crippen LogP contribution in [0.25, 0.3) is 11.0 Å². The lowest BCUT2D eigenvalue weighted by atomic mass is 9.85. The molecule has 10 heteroatoms. The molecule has 35 heavy (non-hydrogen) atoms. The number of carbonyl (C=O) groups is 1. The molecule has 4 atom stereocenters. The van der Waals surface area contributed by atoms with Crippen LogP contribution in [0.4, 0.5) is 8.78 Å². The van der Waals surface area contributed by atoms with Gasteiger partial charge in [-0.25, -0.2) is 22.2 Å². The summed E-state index contributed by atoms with van der Waals surface area (Å²) in [7, 11) is -2.26. The van der Waals surface area contributed by atoms with Crippen molar-refractivity contribution < 1.29 is 22.0 Å². The molecule has 1 aliphatic carbocycles. The number of hydrogen-bond acceptors (Lipinski definition) is 4. The maximum Gasteiger partial charge on any atom is 0.243 e. The molecule has 0 bridgehead atoms. The number of fused-ring (bicyclic) bond motifs is 1. The second kappa shape index (κ2) is 9.76. The van der Waals surface area contributed by atoms with Gasteiger partial charge in [0.15, 0.2) is 0 Å². The summed E-state index contributed by atoms with van der Waals surface area (Å²) >= 11 is 0. The van der Waals surface area contributed by atoms with Gasteiger partial charge in [0.25, 0.3) is 0 Å². The number of piperidine rings is 1. The molecule has 2 fully saturated rings. The van der Waals surface area contributed by atoms with E-state index in [0.29, 0.717) is 55.6 Å². The smallest absolute Gasteiger partial charge is 0.243 e. The highest BCUT2D eigenvalue weighted by molar-refractivity contribution is 7.89. The van der Waals surface area contributed by atoms with Gasteiger partial charge in [0.2, 0.25) is 15.9 Å². The molecule has 2 aliphatic rings. The van der Waals surface area contributed by atoms with Crippen molar-refractivity contribution in [1.29, 1.82) is 0 Å². The third kappa shape index (κ3) is 5.09. The molecule has 0 radical (unpaired) electrons. The molecular weight excluding hydrogens is 474 g/mol. The monoisotopic (exact) mass is 510 g/mol. The second-order valence-electron chi connectivity index (χ2n) is 10.9. The number of sulfonamides is 1. The third-order valence-electron chi connectivity index (χ3n) is 7.30. The Balaban J connectivity index is 1.69. The minimum atomic E-state index is -3.82. The first kappa shape index (κ1) is 26.0. The van der Waals surface area contributed by atoms with E-state index in [1.54, 1.807) is 25.2 Å². The van der Waals surface area contributed by atoms with Crippen molar-refractivity contribution in [2.45, 2.75) is 82.1 Å². The number of halogens is 2. The van der Waals surface area contributed by atoms with E-state index in [1.165, 1.54) is 4.31 Å². The van der Waals surface area contributed by atoms with E-state index in [2.05, 4.69) is 5.32 Å². The second-order valence-corrected chi connectivity index (χ2v) is 12.9. The zero-order valence-corrected chi connectivity index (χ0v) is 21.7. The molecule has 7 nitrogen and oxygen atoms in total. The fourth-order valence-corrected chi connectivity index (χ4v) is 6.92. The predicted molar refractivity (Wildman–Crippen MR) is 131 cm³/mol. The quantitative estimate of drug-likeness (QED) is 0.660. The molecule has 2 aromatic rings. The number of benzene rings is 1. The molecular formula is C25H36F2N4O3S. The summed E-state index contributed by atoms with van der Waals surface area (Å²) < 4.78 is 58.9. The Hall–Kier alpha value is -2.07. The minimum absolute atomic E-state index is 0.123. The van der Waals surface area contributed by atoms with Crippen LogP contribution >= 0.6 is 0 Å². The molecule has 4 rings (SSSR count). The highest BCUT2D eigenvalue weighted by atomic mass is 32.2. The highest BCUT2D eigenvalue weighted by Gasteiger charge is 2.36. The van der Waals surface area contributed by atoms with Crippen LogP contribution in [0.1, 0.15) is 58.7 Å². The molecule has 194 valence electrons. The average molecular weight is 511 g/mol. The Morgan fingerprint density at radius 1 is 1.17 bits per heavy atom. The summed E-state index contributed by atoms with van der Waals surface area (Å²) in [6, 6.07) is 4.83. The van der Waals surface area contributed by atoms with E-state index in [4.69, 9.17) is 4.98 Å². The van der Waals surface area contributed by atoms with Crippen LogP contribution in [0.15, 0.2) is 23.1 Å². The SMILES string of the molecule is CNC(=O)[C@H]1CCCN(S(=O)(=O)c2ccc3c(c2)nc(C(C)(C)C)n3CC2CCCC(F)C2F)C1. The van der Waals surface area contributed by atoms with Crippen LogP contribution in [0.2, 0.25) is 0 Å². The summed E-state index contributed by atoms with van der Waals surface area (Å²) in [6.07, 6.45) is -0.169. The van der Waals surface area contributed by atoms with Crippen molar-refractivity contribution in [1.82, 2.24) is 19.2 Å². The van der Waals surface area contributed by atoms with E-state index in [1.807, 2.05) is 25.3 Å². The molecule has 3 unspecified atom stereocenters. The first-order valence-corrected chi connectivity index (χ1v) is 13.9. The zero-order chi connectivity index (χ0) is 25.5. The summed E-state index contributed by atoms with van der Waals surface area (Å²) in [5, 5.41) is 2.61. The van der Waals surface area contributed by atoms with Crippen LogP contribution in [0.5, 0.6) is 0 Å². The molecule has 1 N–H and O–H groups in total. The Labute approximate surface area is 206 Å². The van der Waals surface area contributed by atoms with Gasteiger partial charge >= 0.3 is 0 Å². The third-order valence-corrected chi connectivity index (χ3v) is 9.16. The Morgan fingerprint density at radius 2 is 1.91 bits per heavy atom. The van der Waals surface area contributed by atoms with Crippen LogP contribution in [0.3, 0.4) is 0 Å². The molecule has 0 spiro atoms. The number of carbonyl (C=O) groups excluding carboxylic acids is 1. The number of aromatic nitrogens is 2. The van der Waals surface area contributed by atoms with Gasteiger partial charge in [-0.05, 0) is 50.3 Å². The van der Waals surface area contributed by atoms with Gasteiger partial charge in [-0.15, -0.1) is 0 Å². The fourth-order valence-electron chi connectivity index (χ4n) is 5.37. The largest absolute Gasteiger partial charge is 0.359 e. The van der Waals surface area contributed by atoms with Crippen LogP contribution in [0, 0.1) is 11.8 Å². The number of imidazole rings is 1. The van der Waals surface area contributed by atoms with Gasteiger partial charge in [0.1, 0.15) is 18.2 Å². The van der Waals surface area contributed by atoms with Gasteiger partial charge in [0, 0.05) is 38.0 Å². The molecule has 1 aromatic carbocycles. The predicted octanol–water partition coefficient (Wildman–Crippen LogP) is 3.96. The van der Waals surface area contributed by atoms with E-state index in [0.717, 1.165) is 0 Å². The summed E-state index contributed by atoms with van der Waals surface area (Å²) in [4.78, 5) is 17.0. The van der Waals surface area contributed by atoms with Crippen molar-refractivity contribution in [3.8, 4) is 0 Å². The van der Waals surface area contributed by atoms with Crippen molar-refractivity contribution in [3.05, 3.63) is 24.0 Å². The number of hydrogen-bond donors (Lipinski definition) is 1. The first-order chi connectivity index (χ1) is 16.4. The maximum absolute atomic E-state index is 14.7. The van der Waals surface area contributed by atoms with Gasteiger partial charge in [0.05, 0.1) is 21.8 Å². The molecule has 1 aromatic heterocycles. The lowest BCUT2D eigenvalue weighted by Crippen LogP contribution is -2.44. The highest BCUT2D eigenvalue weighted by Crippen LogP contribution is 2.35. The fraction of sp³-hybridized carbons (Fsp3) is 0.680.